The van der Waals surface area contributed by atoms with Crippen molar-refractivity contribution in [2.24, 2.45) is 0 Å². The molecule has 0 spiro atoms. The minimum absolute atomic E-state index is 0.221. The van der Waals surface area contributed by atoms with E-state index < -0.39 is 5.82 Å². The number of pyridine rings is 1. The van der Waals surface area contributed by atoms with Gasteiger partial charge >= 0.3 is 0 Å². The van der Waals surface area contributed by atoms with E-state index in [4.69, 9.17) is 0 Å². The summed E-state index contributed by atoms with van der Waals surface area (Å²) in [6.45, 7) is 5.16. The Morgan fingerprint density at radius 2 is 1.82 bits per heavy atom. The molecule has 1 amide bonds. The third kappa shape index (κ3) is 4.65. The molecular weight excluding hydrogens is 433 g/mol. The maximum Gasteiger partial charge on any atom is 0.227 e. The predicted molar refractivity (Wildman–Crippen MR) is 132 cm³/mol. The number of halogens is 1. The van der Waals surface area contributed by atoms with E-state index in [-0.39, 0.29) is 5.91 Å². The fourth-order valence-corrected chi connectivity index (χ4v) is 4.02. The first-order valence-corrected chi connectivity index (χ1v) is 11.1. The second-order valence-corrected chi connectivity index (χ2v) is 8.08. The summed E-state index contributed by atoms with van der Waals surface area (Å²) < 4.78 is 14.8. The van der Waals surface area contributed by atoms with Crippen LogP contribution in [-0.2, 0) is 4.79 Å². The van der Waals surface area contributed by atoms with Gasteiger partial charge in [-0.05, 0) is 30.3 Å². The minimum Gasteiger partial charge on any atom is -0.354 e. The Kier molecular flexibility index (Phi) is 6.01. The molecule has 0 radical (unpaired) electrons. The number of hydrogen-bond donors (Lipinski definition) is 3. The molecule has 3 heterocycles. The van der Waals surface area contributed by atoms with Gasteiger partial charge in [0.2, 0.25) is 11.9 Å². The number of nitrogens with one attached hydrogen (secondary N) is 3. The molecule has 8 nitrogen and oxygen atoms in total. The highest BCUT2D eigenvalue weighted by Crippen LogP contribution is 2.32. The van der Waals surface area contributed by atoms with Crippen LogP contribution in [-0.4, -0.2) is 47.0 Å². The van der Waals surface area contributed by atoms with Crippen LogP contribution in [0.15, 0.2) is 60.9 Å². The number of aromatic nitrogens is 3. The zero-order valence-electron chi connectivity index (χ0n) is 18.7. The first kappa shape index (κ1) is 21.7. The van der Waals surface area contributed by atoms with E-state index >= 15 is 0 Å². The molecule has 3 N–H and O–H groups in total. The molecule has 5 rings (SSSR count). The summed E-state index contributed by atoms with van der Waals surface area (Å²) in [5.74, 6) is 0.696. The molecule has 0 aliphatic carbocycles. The zero-order chi connectivity index (χ0) is 23.5. The van der Waals surface area contributed by atoms with Crippen molar-refractivity contribution in [3.63, 3.8) is 0 Å². The lowest BCUT2D eigenvalue weighted by Crippen LogP contribution is -2.43. The normalized spacial score (nSPS) is 13.6. The molecule has 0 unspecified atom stereocenters. The third-order valence-corrected chi connectivity index (χ3v) is 5.63. The van der Waals surface area contributed by atoms with Gasteiger partial charge in [-0.3, -0.25) is 4.79 Å². The topological polar surface area (TPSA) is 95.1 Å². The number of carbonyl (C=O) groups excluding carboxylic acids is 1. The summed E-state index contributed by atoms with van der Waals surface area (Å²) in [6.07, 6.45) is 3.46. The fraction of sp³-hybridized carbons (Fsp3) is 0.200. The Labute approximate surface area is 196 Å². The van der Waals surface area contributed by atoms with Crippen LogP contribution in [0.25, 0.3) is 22.0 Å². The summed E-state index contributed by atoms with van der Waals surface area (Å²) in [6, 6.07) is 13.9. The van der Waals surface area contributed by atoms with E-state index in [0.717, 1.165) is 43.1 Å². The SMILES string of the molecule is CC(=O)Nc1ccc(F)c(-c2cccc3cnc(Nc4ccc(N5CCNCC5)nc4)nc23)c1. The van der Waals surface area contributed by atoms with Crippen LogP contribution in [0.4, 0.5) is 27.5 Å². The number of hydrogen-bond acceptors (Lipinski definition) is 7. The first-order chi connectivity index (χ1) is 16.6. The molecule has 172 valence electrons. The summed E-state index contributed by atoms with van der Waals surface area (Å²) >= 11 is 0. The number of anilines is 4. The van der Waals surface area contributed by atoms with Crippen molar-refractivity contribution in [1.29, 1.82) is 0 Å². The van der Waals surface area contributed by atoms with Crippen molar-refractivity contribution in [2.75, 3.05) is 41.7 Å². The molecule has 1 aliphatic rings. The van der Waals surface area contributed by atoms with E-state index in [2.05, 4.69) is 35.8 Å². The summed E-state index contributed by atoms with van der Waals surface area (Å²) in [4.78, 5) is 27.3. The van der Waals surface area contributed by atoms with Crippen LogP contribution in [0.2, 0.25) is 0 Å². The Balaban J connectivity index is 1.45. The zero-order valence-corrected chi connectivity index (χ0v) is 18.7. The van der Waals surface area contributed by atoms with Gasteiger partial charge in [0, 0.05) is 61.5 Å². The average molecular weight is 458 g/mol. The lowest BCUT2D eigenvalue weighted by molar-refractivity contribution is -0.114. The number of nitrogens with zero attached hydrogens (tertiary/aromatic N) is 4. The van der Waals surface area contributed by atoms with Crippen molar-refractivity contribution in [2.45, 2.75) is 6.92 Å². The lowest BCUT2D eigenvalue weighted by Gasteiger charge is -2.28. The van der Waals surface area contributed by atoms with E-state index in [9.17, 15) is 9.18 Å². The van der Waals surface area contributed by atoms with E-state index in [1.807, 2.05) is 24.3 Å². The predicted octanol–water partition coefficient (Wildman–Crippen LogP) is 3.94. The van der Waals surface area contributed by atoms with Gasteiger partial charge in [0.1, 0.15) is 11.6 Å². The number of para-hydroxylation sites is 1. The van der Waals surface area contributed by atoms with Gasteiger partial charge in [-0.1, -0.05) is 18.2 Å². The molecule has 34 heavy (non-hydrogen) atoms. The molecule has 0 saturated carbocycles. The van der Waals surface area contributed by atoms with Crippen LogP contribution in [0.1, 0.15) is 6.92 Å². The largest absolute Gasteiger partial charge is 0.354 e. The molecule has 1 aliphatic heterocycles. The van der Waals surface area contributed by atoms with Crippen molar-refractivity contribution in [1.82, 2.24) is 20.3 Å². The molecule has 0 atom stereocenters. The Morgan fingerprint density at radius 3 is 2.59 bits per heavy atom. The van der Waals surface area contributed by atoms with E-state index in [1.54, 1.807) is 24.5 Å². The van der Waals surface area contributed by atoms with Gasteiger partial charge in [0.25, 0.3) is 0 Å². The summed E-state index contributed by atoms with van der Waals surface area (Å²) in [5, 5.41) is 10.00. The lowest BCUT2D eigenvalue weighted by atomic mass is 10.0. The van der Waals surface area contributed by atoms with Gasteiger partial charge < -0.3 is 20.9 Å². The molecule has 9 heteroatoms. The van der Waals surface area contributed by atoms with E-state index in [1.165, 1.54) is 19.1 Å². The van der Waals surface area contributed by atoms with Crippen LogP contribution in [0, 0.1) is 5.82 Å². The number of amides is 1. The molecule has 1 saturated heterocycles. The van der Waals surface area contributed by atoms with Crippen LogP contribution in [0.5, 0.6) is 0 Å². The third-order valence-electron chi connectivity index (χ3n) is 5.63. The first-order valence-electron chi connectivity index (χ1n) is 11.1. The van der Waals surface area contributed by atoms with Crippen LogP contribution >= 0.6 is 0 Å². The van der Waals surface area contributed by atoms with E-state index in [0.29, 0.717) is 28.3 Å². The Hall–Kier alpha value is -4.11. The Bertz CT molecular complexity index is 1340. The highest BCUT2D eigenvalue weighted by molar-refractivity contribution is 5.96. The molecule has 2 aromatic heterocycles. The smallest absolute Gasteiger partial charge is 0.227 e. The number of carbonyl (C=O) groups is 1. The second kappa shape index (κ2) is 9.40. The average Bonchev–Trinajstić information content (AvgIpc) is 2.86. The fourth-order valence-electron chi connectivity index (χ4n) is 4.02. The molecular formula is C25H24FN7O. The summed E-state index contributed by atoms with van der Waals surface area (Å²) in [7, 11) is 0. The quantitative estimate of drug-likeness (QED) is 0.418. The van der Waals surface area contributed by atoms with Gasteiger partial charge in [-0.2, -0.15) is 0 Å². The van der Waals surface area contributed by atoms with Gasteiger partial charge in [0.15, 0.2) is 0 Å². The molecule has 0 bridgehead atoms. The highest BCUT2D eigenvalue weighted by Gasteiger charge is 2.14. The minimum atomic E-state index is -0.401. The van der Waals surface area contributed by atoms with Crippen molar-refractivity contribution in [3.05, 3.63) is 66.7 Å². The number of piperazine rings is 1. The second-order valence-electron chi connectivity index (χ2n) is 8.08. The van der Waals surface area contributed by atoms with Gasteiger partial charge in [-0.15, -0.1) is 0 Å². The van der Waals surface area contributed by atoms with Crippen LogP contribution in [0.3, 0.4) is 0 Å². The number of benzene rings is 2. The molecule has 1 fully saturated rings. The van der Waals surface area contributed by atoms with Crippen molar-refractivity contribution < 1.29 is 9.18 Å². The van der Waals surface area contributed by atoms with Gasteiger partial charge in [0.05, 0.1) is 17.4 Å². The molecule has 4 aromatic rings. The maximum atomic E-state index is 14.8. The van der Waals surface area contributed by atoms with Crippen LogP contribution < -0.4 is 20.9 Å². The van der Waals surface area contributed by atoms with Crippen molar-refractivity contribution in [3.8, 4) is 11.1 Å². The number of rotatable bonds is 5. The monoisotopic (exact) mass is 457 g/mol. The maximum absolute atomic E-state index is 14.8. The van der Waals surface area contributed by atoms with Gasteiger partial charge in [-0.25, -0.2) is 19.3 Å². The standard InChI is InChI=1S/C25H24FN7O/c1-16(34)30-18-5-7-22(26)21(13-18)20-4-2-3-17-14-29-25(32-24(17)20)31-19-6-8-23(28-15-19)33-11-9-27-10-12-33/h2-8,13-15,27H,9-12H2,1H3,(H,30,34)(H,29,31,32). The molecule has 2 aromatic carbocycles. The van der Waals surface area contributed by atoms with Crippen molar-refractivity contribution >= 4 is 40.0 Å². The number of fused-ring (bicyclic) bond motifs is 1. The Morgan fingerprint density at radius 1 is 1.00 bits per heavy atom. The summed E-state index contributed by atoms with van der Waals surface area (Å²) in [5.41, 5.74) is 2.84. The highest BCUT2D eigenvalue weighted by atomic mass is 19.1.